The monoisotopic (exact) mass is 384 g/mol. The van der Waals surface area contributed by atoms with Gasteiger partial charge in [0.05, 0.1) is 15.6 Å². The summed E-state index contributed by atoms with van der Waals surface area (Å²) in [6, 6.07) is 5.84. The zero-order valence-electron chi connectivity index (χ0n) is 13.8. The zero-order chi connectivity index (χ0) is 17.3. The normalized spacial score (nSPS) is 19.5. The van der Waals surface area contributed by atoms with Crippen LogP contribution in [-0.2, 0) is 16.4 Å². The van der Waals surface area contributed by atoms with Crippen molar-refractivity contribution in [1.82, 2.24) is 9.88 Å². The predicted molar refractivity (Wildman–Crippen MR) is 98.7 cm³/mol. The molecular formula is C17H21ClN2O2S2. The molecule has 0 spiro atoms. The molecule has 1 atom stereocenters. The van der Waals surface area contributed by atoms with Crippen molar-refractivity contribution in [2.45, 2.75) is 37.1 Å². The Labute approximate surface area is 152 Å². The molecule has 0 unspecified atom stereocenters. The summed E-state index contributed by atoms with van der Waals surface area (Å²) in [5, 5.41) is 0.362. The molecule has 0 aromatic carbocycles. The van der Waals surface area contributed by atoms with E-state index >= 15 is 0 Å². The summed E-state index contributed by atoms with van der Waals surface area (Å²) >= 11 is 7.78. The molecule has 7 heteroatoms. The number of sulfone groups is 1. The van der Waals surface area contributed by atoms with Gasteiger partial charge in [0.25, 0.3) is 0 Å². The van der Waals surface area contributed by atoms with Gasteiger partial charge in [0.1, 0.15) is 0 Å². The number of likely N-dealkylation sites (tertiary alicyclic amines) is 1. The maximum absolute atomic E-state index is 12.1. The van der Waals surface area contributed by atoms with Gasteiger partial charge in [0, 0.05) is 41.2 Å². The summed E-state index contributed by atoms with van der Waals surface area (Å²) in [5.41, 5.74) is 0.661. The lowest BCUT2D eigenvalue weighted by Crippen LogP contribution is -2.34. The van der Waals surface area contributed by atoms with E-state index in [-0.39, 0.29) is 10.8 Å². The summed E-state index contributed by atoms with van der Waals surface area (Å²) in [7, 11) is -3.34. The van der Waals surface area contributed by atoms with Crippen molar-refractivity contribution in [3.8, 4) is 0 Å². The molecule has 4 nitrogen and oxygen atoms in total. The van der Waals surface area contributed by atoms with E-state index in [1.807, 2.05) is 11.3 Å². The molecule has 2 aromatic rings. The van der Waals surface area contributed by atoms with Gasteiger partial charge in [-0.3, -0.25) is 9.88 Å². The van der Waals surface area contributed by atoms with Gasteiger partial charge in [-0.2, -0.15) is 0 Å². The highest BCUT2D eigenvalue weighted by atomic mass is 35.5. The first-order valence-electron chi connectivity index (χ1n) is 7.96. The molecule has 0 radical (unpaired) electrons. The third-order valence-corrected chi connectivity index (χ3v) is 6.63. The number of halogens is 1. The molecule has 130 valence electrons. The third kappa shape index (κ3) is 4.17. The second kappa shape index (κ2) is 7.12. The average molecular weight is 385 g/mol. The Hall–Kier alpha value is -0.950. The topological polar surface area (TPSA) is 50.3 Å². The van der Waals surface area contributed by atoms with Crippen molar-refractivity contribution < 1.29 is 8.42 Å². The maximum Gasteiger partial charge on any atom is 0.177 e. The second-order valence-electron chi connectivity index (χ2n) is 6.40. The molecule has 1 saturated heterocycles. The molecule has 0 N–H and O–H groups in total. The molecule has 0 aliphatic carbocycles. The molecule has 1 fully saturated rings. The molecule has 1 aliphatic rings. The number of nitrogens with zero attached hydrogens (tertiary/aromatic N) is 2. The van der Waals surface area contributed by atoms with Crippen molar-refractivity contribution in [3.63, 3.8) is 0 Å². The van der Waals surface area contributed by atoms with Crippen LogP contribution in [0.2, 0.25) is 5.02 Å². The van der Waals surface area contributed by atoms with Crippen LogP contribution in [0.3, 0.4) is 0 Å². The molecule has 1 aliphatic heterocycles. The quantitative estimate of drug-likeness (QED) is 0.802. The lowest BCUT2D eigenvalue weighted by Gasteiger charge is -2.32. The largest absolute Gasteiger partial charge is 0.298 e. The van der Waals surface area contributed by atoms with E-state index in [1.54, 1.807) is 6.20 Å². The Bertz CT molecular complexity index is 833. The van der Waals surface area contributed by atoms with E-state index in [1.165, 1.54) is 22.1 Å². The molecule has 2 aromatic heterocycles. The minimum Gasteiger partial charge on any atom is -0.298 e. The van der Waals surface area contributed by atoms with E-state index in [2.05, 4.69) is 28.9 Å². The van der Waals surface area contributed by atoms with Crippen molar-refractivity contribution in [3.05, 3.63) is 44.9 Å². The van der Waals surface area contributed by atoms with Crippen molar-refractivity contribution >= 4 is 32.8 Å². The van der Waals surface area contributed by atoms with E-state index in [0.29, 0.717) is 10.7 Å². The van der Waals surface area contributed by atoms with Gasteiger partial charge in [-0.05, 0) is 44.5 Å². The van der Waals surface area contributed by atoms with Crippen LogP contribution in [0.25, 0.3) is 0 Å². The number of hydrogen-bond donors (Lipinski definition) is 0. The van der Waals surface area contributed by atoms with Crippen LogP contribution in [0.5, 0.6) is 0 Å². The summed E-state index contributed by atoms with van der Waals surface area (Å²) in [6.45, 7) is 4.89. The molecule has 0 amide bonds. The van der Waals surface area contributed by atoms with E-state index in [9.17, 15) is 8.42 Å². The highest BCUT2D eigenvalue weighted by Gasteiger charge is 2.27. The third-order valence-electron chi connectivity index (χ3n) is 4.32. The summed E-state index contributed by atoms with van der Waals surface area (Å²) in [6.07, 6.45) is 4.77. The Morgan fingerprint density at radius 1 is 1.42 bits per heavy atom. The van der Waals surface area contributed by atoms with E-state index in [0.717, 1.165) is 32.5 Å². The molecule has 3 rings (SSSR count). The van der Waals surface area contributed by atoms with E-state index < -0.39 is 9.84 Å². The van der Waals surface area contributed by atoms with Gasteiger partial charge < -0.3 is 0 Å². The van der Waals surface area contributed by atoms with Gasteiger partial charge in [0.2, 0.25) is 0 Å². The van der Waals surface area contributed by atoms with Crippen LogP contribution in [0.15, 0.2) is 29.3 Å². The highest BCUT2D eigenvalue weighted by Crippen LogP contribution is 2.32. The SMILES string of the molecule is Cc1ccc(CN2CCC[C@@H](c3ncc(Cl)cc3S(C)(=O)=O)C2)s1. The number of pyridine rings is 1. The Kier molecular flexibility index (Phi) is 5.30. The van der Waals surface area contributed by atoms with Crippen molar-refractivity contribution in [1.29, 1.82) is 0 Å². The smallest absolute Gasteiger partial charge is 0.177 e. The second-order valence-corrected chi connectivity index (χ2v) is 10.2. The van der Waals surface area contributed by atoms with Gasteiger partial charge in [-0.15, -0.1) is 11.3 Å². The van der Waals surface area contributed by atoms with E-state index in [4.69, 9.17) is 11.6 Å². The number of rotatable bonds is 4. The van der Waals surface area contributed by atoms with Crippen LogP contribution in [-0.4, -0.2) is 37.6 Å². The van der Waals surface area contributed by atoms with Crippen LogP contribution in [0.4, 0.5) is 0 Å². The number of piperidine rings is 1. The highest BCUT2D eigenvalue weighted by molar-refractivity contribution is 7.90. The molecule has 0 bridgehead atoms. The van der Waals surface area contributed by atoms with Gasteiger partial charge >= 0.3 is 0 Å². The van der Waals surface area contributed by atoms with Crippen molar-refractivity contribution in [2.75, 3.05) is 19.3 Å². The Morgan fingerprint density at radius 2 is 2.21 bits per heavy atom. The summed E-state index contributed by atoms with van der Waals surface area (Å²) in [5.74, 6) is 0.127. The van der Waals surface area contributed by atoms with Gasteiger partial charge in [-0.25, -0.2) is 8.42 Å². The van der Waals surface area contributed by atoms with Gasteiger partial charge in [-0.1, -0.05) is 11.6 Å². The summed E-state index contributed by atoms with van der Waals surface area (Å²) in [4.78, 5) is 9.71. The number of hydrogen-bond acceptors (Lipinski definition) is 5. The molecule has 0 saturated carbocycles. The van der Waals surface area contributed by atoms with Gasteiger partial charge in [0.15, 0.2) is 9.84 Å². The average Bonchev–Trinajstić information content (AvgIpc) is 2.91. The fourth-order valence-electron chi connectivity index (χ4n) is 3.25. The minimum atomic E-state index is -3.34. The Morgan fingerprint density at radius 3 is 2.88 bits per heavy atom. The zero-order valence-corrected chi connectivity index (χ0v) is 16.2. The van der Waals surface area contributed by atoms with Crippen LogP contribution in [0.1, 0.15) is 34.2 Å². The Balaban J connectivity index is 1.82. The van der Waals surface area contributed by atoms with Crippen LogP contribution >= 0.6 is 22.9 Å². The predicted octanol–water partition coefficient (Wildman–Crippen LogP) is 3.89. The lowest BCUT2D eigenvalue weighted by molar-refractivity contribution is 0.199. The first-order valence-corrected chi connectivity index (χ1v) is 11.0. The number of thiophene rings is 1. The molecular weight excluding hydrogens is 364 g/mol. The minimum absolute atomic E-state index is 0.127. The first-order chi connectivity index (χ1) is 11.3. The number of aromatic nitrogens is 1. The fourth-order valence-corrected chi connectivity index (χ4v) is 5.34. The first kappa shape index (κ1) is 17.9. The van der Waals surface area contributed by atoms with Crippen LogP contribution in [0, 0.1) is 6.92 Å². The molecule has 3 heterocycles. The number of aryl methyl sites for hydroxylation is 1. The van der Waals surface area contributed by atoms with Crippen LogP contribution < -0.4 is 0 Å². The summed E-state index contributed by atoms with van der Waals surface area (Å²) < 4.78 is 24.2. The fraction of sp³-hybridized carbons (Fsp3) is 0.471. The maximum atomic E-state index is 12.1. The lowest BCUT2D eigenvalue weighted by atomic mass is 9.94. The standard InChI is InChI=1S/C17H21ClN2O2S2/c1-12-5-6-15(23-12)11-20-7-3-4-13(10-20)17-16(24(2,21)22)8-14(18)9-19-17/h5-6,8-9,13H,3-4,7,10-11H2,1-2H3/t13-/m1/s1. The molecule has 24 heavy (non-hydrogen) atoms. The van der Waals surface area contributed by atoms with Crippen molar-refractivity contribution in [2.24, 2.45) is 0 Å².